The number of nitrogens with zero attached hydrogens (tertiary/aromatic N) is 4. The maximum Gasteiger partial charge on any atom is 0.416 e. The van der Waals surface area contributed by atoms with Gasteiger partial charge in [0.15, 0.2) is 10.8 Å². The van der Waals surface area contributed by atoms with Crippen LogP contribution in [-0.4, -0.2) is 44.9 Å². The Morgan fingerprint density at radius 3 is 2.38 bits per heavy atom. The van der Waals surface area contributed by atoms with Crippen LogP contribution in [0.3, 0.4) is 0 Å². The number of alkyl halides is 3. The van der Waals surface area contributed by atoms with Gasteiger partial charge in [0.1, 0.15) is 11.4 Å². The van der Waals surface area contributed by atoms with Crippen LogP contribution in [0.25, 0.3) is 10.8 Å². The molecular formula is C21H19F3N4O3S. The third-order valence-corrected chi connectivity index (χ3v) is 5.46. The van der Waals surface area contributed by atoms with E-state index in [4.69, 9.17) is 4.74 Å². The molecule has 0 aliphatic rings. The number of hydrogen-bond acceptors (Lipinski definition) is 7. The zero-order chi connectivity index (χ0) is 23.3. The number of benzene rings is 1. The Kier molecular flexibility index (Phi) is 7.18. The SMILES string of the molecule is CCOC(=O)CN(Cc1ccc(C(F)(F)F)cc1)C(=O)c1sc(-c2ncccn2)nc1C. The largest absolute Gasteiger partial charge is 0.465 e. The van der Waals surface area contributed by atoms with Crippen LogP contribution >= 0.6 is 11.3 Å². The fourth-order valence-corrected chi connectivity index (χ4v) is 3.81. The number of thiazole rings is 1. The number of hydrogen-bond donors (Lipinski definition) is 0. The predicted molar refractivity (Wildman–Crippen MR) is 111 cm³/mol. The normalized spacial score (nSPS) is 11.3. The molecule has 2 aromatic heterocycles. The van der Waals surface area contributed by atoms with Crippen molar-refractivity contribution in [1.82, 2.24) is 19.9 Å². The molecule has 1 amide bonds. The molecule has 11 heteroatoms. The lowest BCUT2D eigenvalue weighted by molar-refractivity contribution is -0.144. The van der Waals surface area contributed by atoms with E-state index in [9.17, 15) is 22.8 Å². The molecule has 0 N–H and O–H groups in total. The summed E-state index contributed by atoms with van der Waals surface area (Å²) in [4.78, 5) is 39.4. The Morgan fingerprint density at radius 1 is 1.12 bits per heavy atom. The Labute approximate surface area is 185 Å². The Balaban J connectivity index is 1.87. The molecule has 0 atom stereocenters. The number of rotatable bonds is 7. The molecule has 0 aliphatic carbocycles. The van der Waals surface area contributed by atoms with Gasteiger partial charge < -0.3 is 9.64 Å². The topological polar surface area (TPSA) is 85.3 Å². The molecule has 0 unspecified atom stereocenters. The van der Waals surface area contributed by atoms with Gasteiger partial charge in [-0.15, -0.1) is 11.3 Å². The van der Waals surface area contributed by atoms with Gasteiger partial charge in [-0.05, 0) is 37.6 Å². The highest BCUT2D eigenvalue weighted by Gasteiger charge is 2.30. The van der Waals surface area contributed by atoms with Gasteiger partial charge >= 0.3 is 12.1 Å². The first-order valence-electron chi connectivity index (χ1n) is 9.55. The molecule has 1 aromatic carbocycles. The maximum atomic E-state index is 13.2. The van der Waals surface area contributed by atoms with Crippen molar-refractivity contribution in [2.75, 3.05) is 13.2 Å². The Morgan fingerprint density at radius 2 is 1.78 bits per heavy atom. The summed E-state index contributed by atoms with van der Waals surface area (Å²) in [5.74, 6) is -0.754. The number of ether oxygens (including phenoxy) is 1. The van der Waals surface area contributed by atoms with E-state index in [1.54, 1.807) is 32.3 Å². The van der Waals surface area contributed by atoms with Crippen molar-refractivity contribution in [3.05, 3.63) is 64.4 Å². The standard InChI is InChI=1S/C21H19F3N4O3S/c1-3-31-16(29)12-28(11-14-5-7-15(8-6-14)21(22,23)24)20(30)17-13(2)27-19(32-17)18-25-9-4-10-26-18/h4-10H,3,11-12H2,1-2H3. The zero-order valence-electron chi connectivity index (χ0n) is 17.2. The van der Waals surface area contributed by atoms with Crippen LogP contribution < -0.4 is 0 Å². The summed E-state index contributed by atoms with van der Waals surface area (Å²) in [6, 6.07) is 6.07. The minimum atomic E-state index is -4.46. The Hall–Kier alpha value is -3.34. The highest BCUT2D eigenvalue weighted by molar-refractivity contribution is 7.17. The lowest BCUT2D eigenvalue weighted by atomic mass is 10.1. The van der Waals surface area contributed by atoms with Gasteiger partial charge in [-0.1, -0.05) is 12.1 Å². The van der Waals surface area contributed by atoms with Crippen LogP contribution in [0.4, 0.5) is 13.2 Å². The average molecular weight is 464 g/mol. The smallest absolute Gasteiger partial charge is 0.416 e. The van der Waals surface area contributed by atoms with Crippen LogP contribution in [0.5, 0.6) is 0 Å². The number of aromatic nitrogens is 3. The monoisotopic (exact) mass is 464 g/mol. The molecule has 0 fully saturated rings. The lowest BCUT2D eigenvalue weighted by Crippen LogP contribution is -2.36. The van der Waals surface area contributed by atoms with Crippen LogP contribution in [-0.2, 0) is 22.3 Å². The number of halogens is 3. The van der Waals surface area contributed by atoms with Crippen molar-refractivity contribution in [2.24, 2.45) is 0 Å². The summed E-state index contributed by atoms with van der Waals surface area (Å²) < 4.78 is 43.5. The van der Waals surface area contributed by atoms with Gasteiger partial charge in [0, 0.05) is 18.9 Å². The first kappa shape index (κ1) is 23.3. The molecule has 168 valence electrons. The fourth-order valence-electron chi connectivity index (χ4n) is 2.83. The molecule has 32 heavy (non-hydrogen) atoms. The van der Waals surface area contributed by atoms with Crippen LogP contribution in [0, 0.1) is 6.92 Å². The minimum Gasteiger partial charge on any atom is -0.465 e. The number of esters is 1. The first-order valence-corrected chi connectivity index (χ1v) is 10.4. The third kappa shape index (κ3) is 5.67. The summed E-state index contributed by atoms with van der Waals surface area (Å²) in [5.41, 5.74) is 0.0727. The van der Waals surface area contributed by atoms with Crippen LogP contribution in [0.15, 0.2) is 42.7 Å². The molecule has 0 radical (unpaired) electrons. The third-order valence-electron chi connectivity index (χ3n) is 4.32. The summed E-state index contributed by atoms with van der Waals surface area (Å²) in [6.07, 6.45) is -1.36. The van der Waals surface area contributed by atoms with E-state index in [2.05, 4.69) is 15.0 Å². The Bertz CT molecular complexity index is 1090. The molecule has 0 aliphatic heterocycles. The van der Waals surface area contributed by atoms with Gasteiger partial charge in [0.05, 0.1) is 17.9 Å². The van der Waals surface area contributed by atoms with Crippen LogP contribution in [0.2, 0.25) is 0 Å². The summed E-state index contributed by atoms with van der Waals surface area (Å²) in [5, 5.41) is 0.442. The molecule has 0 saturated heterocycles. The van der Waals surface area contributed by atoms with Crippen molar-refractivity contribution in [3.63, 3.8) is 0 Å². The van der Waals surface area contributed by atoms with E-state index >= 15 is 0 Å². The van der Waals surface area contributed by atoms with E-state index < -0.39 is 23.6 Å². The first-order chi connectivity index (χ1) is 15.2. The highest BCUT2D eigenvalue weighted by Crippen LogP contribution is 2.30. The maximum absolute atomic E-state index is 13.2. The zero-order valence-corrected chi connectivity index (χ0v) is 18.0. The number of carbonyl (C=O) groups is 2. The van der Waals surface area contributed by atoms with Gasteiger partial charge in [0.25, 0.3) is 5.91 Å². The van der Waals surface area contributed by atoms with Gasteiger partial charge in [-0.2, -0.15) is 13.2 Å². The molecule has 0 bridgehead atoms. The second kappa shape index (κ2) is 9.86. The van der Waals surface area contributed by atoms with E-state index in [-0.39, 0.29) is 24.6 Å². The number of aryl methyl sites for hydroxylation is 1. The average Bonchev–Trinajstić information content (AvgIpc) is 3.15. The molecule has 0 spiro atoms. The second-order valence-electron chi connectivity index (χ2n) is 6.67. The molecule has 0 saturated carbocycles. The van der Waals surface area contributed by atoms with Crippen molar-refractivity contribution < 1.29 is 27.5 Å². The van der Waals surface area contributed by atoms with E-state index in [0.29, 0.717) is 22.1 Å². The molecule has 3 rings (SSSR count). The van der Waals surface area contributed by atoms with Gasteiger partial charge in [-0.25, -0.2) is 15.0 Å². The number of amides is 1. The van der Waals surface area contributed by atoms with Crippen molar-refractivity contribution in [2.45, 2.75) is 26.6 Å². The quantitative estimate of drug-likeness (QED) is 0.489. The minimum absolute atomic E-state index is 0.0791. The molecule has 7 nitrogen and oxygen atoms in total. The number of carbonyl (C=O) groups excluding carboxylic acids is 2. The van der Waals surface area contributed by atoms with E-state index in [1.807, 2.05) is 0 Å². The van der Waals surface area contributed by atoms with Crippen molar-refractivity contribution in [3.8, 4) is 10.8 Å². The predicted octanol–water partition coefficient (Wildman–Crippen LogP) is 4.13. The van der Waals surface area contributed by atoms with Crippen molar-refractivity contribution >= 4 is 23.2 Å². The van der Waals surface area contributed by atoms with E-state index in [0.717, 1.165) is 23.5 Å². The fraction of sp³-hybridized carbons (Fsp3) is 0.286. The second-order valence-corrected chi connectivity index (χ2v) is 7.67. The summed E-state index contributed by atoms with van der Waals surface area (Å²) in [7, 11) is 0. The van der Waals surface area contributed by atoms with Crippen LogP contribution in [0.1, 0.15) is 33.4 Å². The van der Waals surface area contributed by atoms with Gasteiger partial charge in [-0.3, -0.25) is 9.59 Å². The lowest BCUT2D eigenvalue weighted by Gasteiger charge is -2.21. The van der Waals surface area contributed by atoms with Gasteiger partial charge in [0.2, 0.25) is 0 Å². The van der Waals surface area contributed by atoms with E-state index in [1.165, 1.54) is 17.0 Å². The van der Waals surface area contributed by atoms with Crippen molar-refractivity contribution in [1.29, 1.82) is 0 Å². The molecule has 2 heterocycles. The summed E-state index contributed by atoms with van der Waals surface area (Å²) in [6.45, 7) is 2.99. The molecular weight excluding hydrogens is 445 g/mol. The molecule has 3 aromatic rings. The summed E-state index contributed by atoms with van der Waals surface area (Å²) >= 11 is 1.08. The highest BCUT2D eigenvalue weighted by atomic mass is 32.1.